The molecule has 1 fully saturated rings. The lowest BCUT2D eigenvalue weighted by Crippen LogP contribution is -2.20. The molecular formula is C9H10ClFN2O. The molecule has 1 unspecified atom stereocenters. The van der Waals surface area contributed by atoms with Gasteiger partial charge in [0, 0.05) is 18.8 Å². The second-order valence-electron chi connectivity index (χ2n) is 3.18. The van der Waals surface area contributed by atoms with Crippen molar-refractivity contribution in [1.29, 1.82) is 0 Å². The van der Waals surface area contributed by atoms with Gasteiger partial charge < -0.3 is 10.1 Å². The minimum atomic E-state index is -0.610. The van der Waals surface area contributed by atoms with Crippen molar-refractivity contribution in [3.63, 3.8) is 0 Å². The van der Waals surface area contributed by atoms with Crippen LogP contribution >= 0.6 is 11.6 Å². The van der Waals surface area contributed by atoms with Crippen LogP contribution in [0.3, 0.4) is 0 Å². The molecule has 1 aromatic heterocycles. The highest BCUT2D eigenvalue weighted by Crippen LogP contribution is 2.21. The molecule has 0 bridgehead atoms. The minimum Gasteiger partial charge on any atom is -0.484 e. The normalized spacial score (nSPS) is 21.1. The molecule has 1 N–H and O–H groups in total. The van der Waals surface area contributed by atoms with Gasteiger partial charge in [-0.1, -0.05) is 11.6 Å². The van der Waals surface area contributed by atoms with E-state index in [1.165, 1.54) is 12.3 Å². The Labute approximate surface area is 86.2 Å². The first-order valence-corrected chi connectivity index (χ1v) is 4.82. The minimum absolute atomic E-state index is 0.0183. The highest BCUT2D eigenvalue weighted by atomic mass is 35.5. The molecule has 0 spiro atoms. The summed E-state index contributed by atoms with van der Waals surface area (Å²) in [6.07, 6.45) is 2.16. The second-order valence-corrected chi connectivity index (χ2v) is 3.61. The van der Waals surface area contributed by atoms with Gasteiger partial charge in [0.15, 0.2) is 5.75 Å². The lowest BCUT2D eigenvalue weighted by molar-refractivity contribution is 0.210. The van der Waals surface area contributed by atoms with E-state index in [0.717, 1.165) is 19.5 Å². The smallest absolute Gasteiger partial charge is 0.255 e. The standard InChI is InChI=1S/C9H10ClFN2O/c10-6-3-8(9(11)13-4-6)14-7-1-2-12-5-7/h3-4,7,12H,1-2,5H2. The molecule has 5 heteroatoms. The average Bonchev–Trinajstić information content (AvgIpc) is 2.64. The van der Waals surface area contributed by atoms with E-state index >= 15 is 0 Å². The van der Waals surface area contributed by atoms with E-state index in [9.17, 15) is 4.39 Å². The van der Waals surface area contributed by atoms with Crippen LogP contribution in [0.25, 0.3) is 0 Å². The highest BCUT2D eigenvalue weighted by molar-refractivity contribution is 6.30. The summed E-state index contributed by atoms with van der Waals surface area (Å²) >= 11 is 5.68. The van der Waals surface area contributed by atoms with E-state index in [2.05, 4.69) is 10.3 Å². The van der Waals surface area contributed by atoms with Crippen molar-refractivity contribution in [2.75, 3.05) is 13.1 Å². The van der Waals surface area contributed by atoms with Gasteiger partial charge in [0.25, 0.3) is 5.95 Å². The van der Waals surface area contributed by atoms with Crippen LogP contribution in [0.15, 0.2) is 12.3 Å². The number of nitrogens with zero attached hydrogens (tertiary/aromatic N) is 1. The highest BCUT2D eigenvalue weighted by Gasteiger charge is 2.18. The van der Waals surface area contributed by atoms with Gasteiger partial charge >= 0.3 is 0 Å². The number of aromatic nitrogens is 1. The zero-order valence-corrected chi connectivity index (χ0v) is 8.22. The van der Waals surface area contributed by atoms with E-state index in [1.807, 2.05) is 0 Å². The quantitative estimate of drug-likeness (QED) is 0.763. The Hall–Kier alpha value is -0.870. The maximum atomic E-state index is 13.1. The predicted octanol–water partition coefficient (Wildman–Crippen LogP) is 1.61. The molecule has 0 radical (unpaired) electrons. The number of pyridine rings is 1. The molecule has 76 valence electrons. The number of halogens is 2. The summed E-state index contributed by atoms with van der Waals surface area (Å²) in [5.74, 6) is -0.479. The number of rotatable bonds is 2. The van der Waals surface area contributed by atoms with Crippen LogP contribution in [0, 0.1) is 5.95 Å². The molecule has 0 amide bonds. The number of hydrogen-bond donors (Lipinski definition) is 1. The third-order valence-corrected chi connectivity index (χ3v) is 2.29. The molecular weight excluding hydrogens is 207 g/mol. The van der Waals surface area contributed by atoms with Crippen LogP contribution in [-0.4, -0.2) is 24.2 Å². The number of ether oxygens (including phenoxy) is 1. The summed E-state index contributed by atoms with van der Waals surface area (Å²) in [7, 11) is 0. The van der Waals surface area contributed by atoms with E-state index in [-0.39, 0.29) is 11.9 Å². The Morgan fingerprint density at radius 2 is 2.50 bits per heavy atom. The van der Waals surface area contributed by atoms with Gasteiger partial charge in [0.2, 0.25) is 0 Å². The molecule has 0 saturated carbocycles. The van der Waals surface area contributed by atoms with Gasteiger partial charge in [-0.3, -0.25) is 0 Å². The van der Waals surface area contributed by atoms with Crippen molar-refractivity contribution in [3.8, 4) is 5.75 Å². The molecule has 1 atom stereocenters. The Balaban J connectivity index is 2.10. The Morgan fingerprint density at radius 3 is 3.21 bits per heavy atom. The van der Waals surface area contributed by atoms with Crippen LogP contribution in [0.1, 0.15) is 6.42 Å². The van der Waals surface area contributed by atoms with Crippen molar-refractivity contribution in [2.45, 2.75) is 12.5 Å². The third kappa shape index (κ3) is 2.13. The summed E-state index contributed by atoms with van der Waals surface area (Å²) in [5, 5.41) is 3.51. The van der Waals surface area contributed by atoms with Crippen LogP contribution < -0.4 is 10.1 Å². The van der Waals surface area contributed by atoms with Gasteiger partial charge in [-0.25, -0.2) is 4.98 Å². The summed E-state index contributed by atoms with van der Waals surface area (Å²) in [4.78, 5) is 3.48. The summed E-state index contributed by atoms with van der Waals surface area (Å²) in [6.45, 7) is 1.65. The van der Waals surface area contributed by atoms with Crippen molar-refractivity contribution >= 4 is 11.6 Å². The van der Waals surface area contributed by atoms with Crippen LogP contribution in [-0.2, 0) is 0 Å². The number of hydrogen-bond acceptors (Lipinski definition) is 3. The van der Waals surface area contributed by atoms with Gasteiger partial charge in [0.05, 0.1) is 5.02 Å². The van der Waals surface area contributed by atoms with Gasteiger partial charge in [-0.05, 0) is 13.0 Å². The van der Waals surface area contributed by atoms with Gasteiger partial charge in [-0.2, -0.15) is 4.39 Å². The number of nitrogens with one attached hydrogen (secondary N) is 1. The molecule has 0 aliphatic carbocycles. The molecule has 1 saturated heterocycles. The Kier molecular flexibility index (Phi) is 2.84. The molecule has 2 rings (SSSR count). The van der Waals surface area contributed by atoms with Crippen LogP contribution in [0.4, 0.5) is 4.39 Å². The average molecular weight is 217 g/mol. The van der Waals surface area contributed by atoms with E-state index in [1.54, 1.807) is 0 Å². The van der Waals surface area contributed by atoms with Crippen molar-refractivity contribution < 1.29 is 9.13 Å². The lowest BCUT2D eigenvalue weighted by atomic mass is 10.3. The van der Waals surface area contributed by atoms with Crippen molar-refractivity contribution in [3.05, 3.63) is 23.2 Å². The van der Waals surface area contributed by atoms with E-state index in [4.69, 9.17) is 16.3 Å². The van der Waals surface area contributed by atoms with Crippen LogP contribution in [0.2, 0.25) is 5.02 Å². The van der Waals surface area contributed by atoms with Crippen molar-refractivity contribution in [1.82, 2.24) is 10.3 Å². The topological polar surface area (TPSA) is 34.1 Å². The predicted molar refractivity (Wildman–Crippen MR) is 51.1 cm³/mol. The molecule has 3 nitrogen and oxygen atoms in total. The van der Waals surface area contributed by atoms with Gasteiger partial charge in [0.1, 0.15) is 6.10 Å². The molecule has 1 aliphatic rings. The second kappa shape index (κ2) is 4.11. The monoisotopic (exact) mass is 216 g/mol. The molecule has 14 heavy (non-hydrogen) atoms. The first-order chi connectivity index (χ1) is 6.75. The van der Waals surface area contributed by atoms with Crippen molar-refractivity contribution in [2.24, 2.45) is 0 Å². The molecule has 1 aliphatic heterocycles. The molecule has 1 aromatic rings. The SMILES string of the molecule is Fc1ncc(Cl)cc1OC1CCNC1. The summed E-state index contributed by atoms with van der Waals surface area (Å²) in [6, 6.07) is 1.45. The summed E-state index contributed by atoms with van der Waals surface area (Å²) in [5.41, 5.74) is 0. The maximum absolute atomic E-state index is 13.1. The zero-order valence-electron chi connectivity index (χ0n) is 7.46. The fraction of sp³-hybridized carbons (Fsp3) is 0.444. The van der Waals surface area contributed by atoms with Gasteiger partial charge in [-0.15, -0.1) is 0 Å². The first-order valence-electron chi connectivity index (χ1n) is 4.44. The first kappa shape index (κ1) is 9.68. The van der Waals surface area contributed by atoms with E-state index in [0.29, 0.717) is 5.02 Å². The van der Waals surface area contributed by atoms with Crippen LogP contribution in [0.5, 0.6) is 5.75 Å². The maximum Gasteiger partial charge on any atom is 0.255 e. The fourth-order valence-electron chi connectivity index (χ4n) is 1.39. The van der Waals surface area contributed by atoms with E-state index < -0.39 is 5.95 Å². The zero-order chi connectivity index (χ0) is 9.97. The molecule has 0 aromatic carbocycles. The lowest BCUT2D eigenvalue weighted by Gasteiger charge is -2.12. The largest absolute Gasteiger partial charge is 0.484 e. The Bertz CT molecular complexity index is 329. The Morgan fingerprint density at radius 1 is 1.64 bits per heavy atom. The summed E-state index contributed by atoms with van der Waals surface area (Å²) < 4.78 is 18.5. The third-order valence-electron chi connectivity index (χ3n) is 2.08. The molecule has 2 heterocycles. The fourth-order valence-corrected chi connectivity index (χ4v) is 1.54.